The largest absolute Gasteiger partial charge is 0.355 e. The van der Waals surface area contributed by atoms with Crippen molar-refractivity contribution in [3.63, 3.8) is 0 Å². The number of carbonyl (C=O) groups excluding carboxylic acids is 4. The molecule has 2 atom stereocenters. The Bertz CT molecular complexity index is 1270. The summed E-state index contributed by atoms with van der Waals surface area (Å²) in [4.78, 5) is 51.8. The molecular weight excluding hydrogens is 488 g/mol. The molecule has 1 aromatic carbocycles. The van der Waals surface area contributed by atoms with Gasteiger partial charge in [0.25, 0.3) is 5.91 Å². The van der Waals surface area contributed by atoms with E-state index in [1.54, 1.807) is 0 Å². The van der Waals surface area contributed by atoms with Gasteiger partial charge < -0.3 is 21.3 Å². The van der Waals surface area contributed by atoms with E-state index < -0.39 is 0 Å². The van der Waals surface area contributed by atoms with Gasteiger partial charge in [-0.05, 0) is 74.1 Å². The maximum absolute atomic E-state index is 13.3. The number of anilines is 2. The minimum Gasteiger partial charge on any atom is -0.355 e. The number of hydrogen-bond donors (Lipinski definition) is 4. The maximum Gasteiger partial charge on any atom is 0.254 e. The van der Waals surface area contributed by atoms with Crippen molar-refractivity contribution < 1.29 is 20.6 Å². The first-order valence-corrected chi connectivity index (χ1v) is 14.2. The Morgan fingerprint density at radius 2 is 1.81 bits per heavy atom. The summed E-state index contributed by atoms with van der Waals surface area (Å²) in [6.45, 7) is 1.27. The van der Waals surface area contributed by atoms with E-state index in [1.807, 2.05) is 24.3 Å². The Balaban J connectivity index is 0.00000294. The lowest BCUT2D eigenvalue weighted by atomic mass is 9.85. The van der Waals surface area contributed by atoms with Gasteiger partial charge in [-0.2, -0.15) is 0 Å². The van der Waals surface area contributed by atoms with E-state index >= 15 is 0 Å². The van der Waals surface area contributed by atoms with E-state index in [4.69, 9.17) is 0 Å². The van der Waals surface area contributed by atoms with Gasteiger partial charge in [0.2, 0.25) is 17.7 Å². The van der Waals surface area contributed by atoms with E-state index in [9.17, 15) is 19.2 Å². The van der Waals surface area contributed by atoms with Crippen LogP contribution >= 0.6 is 11.3 Å². The second-order valence-corrected chi connectivity index (χ2v) is 12.0. The Labute approximate surface area is 221 Å². The van der Waals surface area contributed by atoms with Gasteiger partial charge in [0.1, 0.15) is 5.00 Å². The number of nitrogens with one attached hydrogen (secondary N) is 4. The summed E-state index contributed by atoms with van der Waals surface area (Å²) in [5, 5.41) is 12.6. The predicted octanol–water partition coefficient (Wildman–Crippen LogP) is 3.83. The highest BCUT2D eigenvalue weighted by atomic mass is 32.1. The third kappa shape index (κ3) is 5.42. The van der Waals surface area contributed by atoms with Crippen molar-refractivity contribution in [2.45, 2.75) is 57.3 Å². The lowest BCUT2D eigenvalue weighted by Gasteiger charge is -2.23. The van der Waals surface area contributed by atoms with Crippen molar-refractivity contribution >= 4 is 45.7 Å². The molecule has 0 spiro atoms. The molecule has 2 aromatic rings. The number of carbonyl (C=O) groups is 4. The summed E-state index contributed by atoms with van der Waals surface area (Å²) >= 11 is 1.49. The normalized spacial score (nSPS) is 22.6. The van der Waals surface area contributed by atoms with Crippen molar-refractivity contribution in [3.05, 3.63) is 45.8 Å². The van der Waals surface area contributed by atoms with Gasteiger partial charge in [-0.25, -0.2) is 0 Å². The minimum absolute atomic E-state index is 0. The zero-order chi connectivity index (χ0) is 25.5. The molecule has 1 aromatic heterocycles. The van der Waals surface area contributed by atoms with Crippen LogP contribution in [0.3, 0.4) is 0 Å². The fourth-order valence-corrected chi connectivity index (χ4v) is 6.54. The zero-order valence-electron chi connectivity index (χ0n) is 20.7. The van der Waals surface area contributed by atoms with Crippen molar-refractivity contribution in [1.29, 1.82) is 0 Å². The minimum atomic E-state index is -0.262. The summed E-state index contributed by atoms with van der Waals surface area (Å²) in [5.74, 6) is 0.285. The van der Waals surface area contributed by atoms with Gasteiger partial charge in [-0.3, -0.25) is 19.2 Å². The number of fused-ring (bicyclic) bond motifs is 1. The van der Waals surface area contributed by atoms with E-state index in [0.717, 1.165) is 47.4 Å². The number of aryl methyl sites for hydroxylation is 1. The van der Waals surface area contributed by atoms with Crippen LogP contribution in [0.5, 0.6) is 0 Å². The lowest BCUT2D eigenvalue weighted by molar-refractivity contribution is -0.120. The average Bonchev–Trinajstić information content (AvgIpc) is 3.82. The van der Waals surface area contributed by atoms with Gasteiger partial charge in [0.05, 0.1) is 5.56 Å². The molecule has 2 heterocycles. The molecule has 3 aliphatic carbocycles. The maximum atomic E-state index is 13.3. The second-order valence-electron chi connectivity index (χ2n) is 10.9. The van der Waals surface area contributed by atoms with Crippen molar-refractivity contribution in [3.8, 4) is 0 Å². The molecule has 4 aliphatic rings. The number of thiophene rings is 1. The third-order valence-electron chi connectivity index (χ3n) is 7.90. The smallest absolute Gasteiger partial charge is 0.254 e. The number of rotatable bonds is 8. The standard InChI is InChI=1S/C28H32N4O4S.H2/c33-23-12-19(14-29-23)17-2-1-3-20(10-17)31-26(35)18-8-9-22-21(11-18)24(27(36)30-13-15-4-5-15)28(37-22)32-25(34)16-6-7-16;/h1-3,10,15-16,18-19H,4-9,11-14H2,(H,29,33)(H,30,36)(H,31,35)(H,32,34);1H. The molecule has 4 N–H and O–H groups in total. The van der Waals surface area contributed by atoms with E-state index in [0.29, 0.717) is 55.3 Å². The summed E-state index contributed by atoms with van der Waals surface area (Å²) in [5.41, 5.74) is 3.20. The summed E-state index contributed by atoms with van der Waals surface area (Å²) in [6, 6.07) is 7.71. The molecule has 1 aliphatic heterocycles. The monoisotopic (exact) mass is 522 g/mol. The van der Waals surface area contributed by atoms with Gasteiger partial charge in [0.15, 0.2) is 0 Å². The SMILES string of the molecule is O=C1CC(c2cccc(NC(=O)C3CCc4sc(NC(=O)C5CC5)c(C(=O)NCC5CC5)c4C3)c2)CN1.[HH]. The van der Waals surface area contributed by atoms with E-state index in [-0.39, 0.29) is 42.8 Å². The molecule has 196 valence electrons. The van der Waals surface area contributed by atoms with Crippen LogP contribution in [-0.4, -0.2) is 36.7 Å². The van der Waals surface area contributed by atoms with Crippen LogP contribution in [0.15, 0.2) is 24.3 Å². The highest BCUT2D eigenvalue weighted by molar-refractivity contribution is 7.17. The molecule has 6 rings (SSSR count). The van der Waals surface area contributed by atoms with Crippen molar-refractivity contribution in [2.24, 2.45) is 17.8 Å². The molecule has 2 unspecified atom stereocenters. The van der Waals surface area contributed by atoms with Gasteiger partial charge in [-0.1, -0.05) is 12.1 Å². The van der Waals surface area contributed by atoms with Crippen molar-refractivity contribution in [1.82, 2.24) is 10.6 Å². The first kappa shape index (κ1) is 24.2. The highest BCUT2D eigenvalue weighted by Crippen LogP contribution is 2.41. The number of benzene rings is 1. The van der Waals surface area contributed by atoms with Crippen molar-refractivity contribution in [2.75, 3.05) is 23.7 Å². The average molecular weight is 523 g/mol. The predicted molar refractivity (Wildman–Crippen MR) is 144 cm³/mol. The molecule has 37 heavy (non-hydrogen) atoms. The molecule has 3 fully saturated rings. The van der Waals surface area contributed by atoms with Gasteiger partial charge in [-0.15, -0.1) is 11.3 Å². The molecule has 0 bridgehead atoms. The number of amides is 4. The molecular formula is C28H34N4O4S. The Morgan fingerprint density at radius 1 is 1.00 bits per heavy atom. The fourth-order valence-electron chi connectivity index (χ4n) is 5.30. The van der Waals surface area contributed by atoms with Crippen LogP contribution in [0, 0.1) is 17.8 Å². The van der Waals surface area contributed by atoms with E-state index in [2.05, 4.69) is 21.3 Å². The molecule has 0 radical (unpaired) electrons. The second kappa shape index (κ2) is 9.93. The number of hydrogen-bond acceptors (Lipinski definition) is 5. The topological polar surface area (TPSA) is 116 Å². The molecule has 1 saturated heterocycles. The summed E-state index contributed by atoms with van der Waals surface area (Å²) < 4.78 is 0. The zero-order valence-corrected chi connectivity index (χ0v) is 21.5. The fraction of sp³-hybridized carbons (Fsp3) is 0.500. The third-order valence-corrected chi connectivity index (χ3v) is 9.10. The quantitative estimate of drug-likeness (QED) is 0.422. The summed E-state index contributed by atoms with van der Waals surface area (Å²) in [7, 11) is 0. The van der Waals surface area contributed by atoms with Gasteiger partial charge in [0, 0.05) is 49.3 Å². The van der Waals surface area contributed by atoms with Gasteiger partial charge >= 0.3 is 0 Å². The van der Waals surface area contributed by atoms with Crippen LogP contribution in [0.25, 0.3) is 0 Å². The molecule has 4 amide bonds. The first-order valence-electron chi connectivity index (χ1n) is 13.4. The van der Waals surface area contributed by atoms with Crippen LogP contribution in [0.4, 0.5) is 10.7 Å². The Hall–Kier alpha value is -3.20. The first-order chi connectivity index (χ1) is 17.9. The Morgan fingerprint density at radius 3 is 2.54 bits per heavy atom. The van der Waals surface area contributed by atoms with Crippen LogP contribution < -0.4 is 21.3 Å². The highest BCUT2D eigenvalue weighted by Gasteiger charge is 2.35. The van der Waals surface area contributed by atoms with Crippen LogP contribution in [0.1, 0.15) is 72.2 Å². The Kier molecular flexibility index (Phi) is 6.48. The van der Waals surface area contributed by atoms with Crippen LogP contribution in [-0.2, 0) is 27.2 Å². The molecule has 9 heteroatoms. The van der Waals surface area contributed by atoms with Crippen LogP contribution in [0.2, 0.25) is 0 Å². The van der Waals surface area contributed by atoms with E-state index in [1.165, 1.54) is 11.3 Å². The lowest BCUT2D eigenvalue weighted by Crippen LogP contribution is -2.31. The molecule has 2 saturated carbocycles. The molecule has 8 nitrogen and oxygen atoms in total. The summed E-state index contributed by atoms with van der Waals surface area (Å²) in [6.07, 6.45) is 6.42.